The predicted molar refractivity (Wildman–Crippen MR) is 127 cm³/mol. The normalized spacial score (nSPS) is 12.6. The summed E-state index contributed by atoms with van der Waals surface area (Å²) in [5.41, 5.74) is 7.59. The Kier molecular flexibility index (Phi) is 8.09. The maximum Gasteiger partial charge on any atom is 0.241 e. The molecule has 3 rings (SSSR count). The van der Waals surface area contributed by atoms with E-state index in [1.807, 2.05) is 55.5 Å². The van der Waals surface area contributed by atoms with Crippen LogP contribution in [0.5, 0.6) is 0 Å². The number of thioether (sulfide) groups is 1. The van der Waals surface area contributed by atoms with Crippen molar-refractivity contribution >= 4 is 38.5 Å². The van der Waals surface area contributed by atoms with Gasteiger partial charge in [-0.25, -0.2) is 8.42 Å². The van der Waals surface area contributed by atoms with Crippen molar-refractivity contribution in [1.29, 1.82) is 0 Å². The number of fused-ring (bicyclic) bond motifs is 1. The molecule has 0 aliphatic carbocycles. The van der Waals surface area contributed by atoms with Crippen molar-refractivity contribution in [3.05, 3.63) is 77.9 Å². The van der Waals surface area contributed by atoms with Crippen LogP contribution in [0.25, 0.3) is 10.8 Å². The average Bonchev–Trinajstić information content (AvgIpc) is 2.77. The van der Waals surface area contributed by atoms with Crippen LogP contribution in [-0.4, -0.2) is 39.2 Å². The lowest BCUT2D eigenvalue weighted by atomic mass is 10.1. The molecule has 0 saturated heterocycles. The van der Waals surface area contributed by atoms with Gasteiger partial charge in [0.2, 0.25) is 15.9 Å². The quantitative estimate of drug-likeness (QED) is 0.435. The van der Waals surface area contributed by atoms with E-state index in [2.05, 4.69) is 10.0 Å². The van der Waals surface area contributed by atoms with Crippen LogP contribution in [-0.2, 0) is 20.6 Å². The molecule has 1 atom stereocenters. The van der Waals surface area contributed by atoms with Gasteiger partial charge in [-0.15, -0.1) is 0 Å². The lowest BCUT2D eigenvalue weighted by Gasteiger charge is -2.19. The van der Waals surface area contributed by atoms with E-state index in [0.29, 0.717) is 16.9 Å². The zero-order valence-corrected chi connectivity index (χ0v) is 19.0. The second-order valence-electron chi connectivity index (χ2n) is 7.18. The number of nitrogens with two attached hydrogens (primary N) is 1. The summed E-state index contributed by atoms with van der Waals surface area (Å²) < 4.78 is 29.1. The molecule has 3 aromatic carbocycles. The number of aryl methyl sites for hydroxylation is 1. The molecule has 8 heteroatoms. The summed E-state index contributed by atoms with van der Waals surface area (Å²) in [4.78, 5) is 12.8. The molecule has 0 bridgehead atoms. The Bertz CT molecular complexity index is 1140. The molecule has 0 aliphatic rings. The molecule has 0 heterocycles. The molecular formula is C23H27N3O3S2. The summed E-state index contributed by atoms with van der Waals surface area (Å²) in [6, 6.07) is 19.7. The molecule has 0 saturated carbocycles. The molecule has 6 nitrogen and oxygen atoms in total. The Labute approximate surface area is 187 Å². The van der Waals surface area contributed by atoms with Gasteiger partial charge >= 0.3 is 0 Å². The van der Waals surface area contributed by atoms with E-state index in [1.165, 1.54) is 11.8 Å². The minimum Gasteiger partial charge on any atom is -0.353 e. The molecule has 0 fully saturated rings. The number of benzene rings is 3. The van der Waals surface area contributed by atoms with E-state index in [-0.39, 0.29) is 23.9 Å². The summed E-state index contributed by atoms with van der Waals surface area (Å²) >= 11 is 1.50. The molecule has 0 spiro atoms. The van der Waals surface area contributed by atoms with Gasteiger partial charge in [0, 0.05) is 30.0 Å². The highest BCUT2D eigenvalue weighted by molar-refractivity contribution is 7.98. The standard InChI is InChI=1S/C23H27N3O3S2/c1-17-11-12-22(20-10-6-5-9-19(17)20)31(28,29)26-21(23(27)25-14-13-24)16-30-15-18-7-3-2-4-8-18/h2-12,21,26H,13-16,24H2,1H3,(H,25,27)/t21-/m1/s1. The predicted octanol–water partition coefficient (Wildman–Crippen LogP) is 2.80. The number of hydrogen-bond acceptors (Lipinski definition) is 5. The van der Waals surface area contributed by atoms with E-state index >= 15 is 0 Å². The number of carbonyl (C=O) groups is 1. The highest BCUT2D eigenvalue weighted by atomic mass is 32.2. The van der Waals surface area contributed by atoms with Crippen molar-refractivity contribution in [2.45, 2.75) is 23.6 Å². The van der Waals surface area contributed by atoms with Crippen LogP contribution in [0, 0.1) is 6.92 Å². The summed E-state index contributed by atoms with van der Waals surface area (Å²) in [6.07, 6.45) is 0. The first-order valence-corrected chi connectivity index (χ1v) is 12.7. The van der Waals surface area contributed by atoms with Gasteiger partial charge in [-0.3, -0.25) is 4.79 Å². The summed E-state index contributed by atoms with van der Waals surface area (Å²) in [6.45, 7) is 2.51. The Morgan fingerprint density at radius 3 is 2.39 bits per heavy atom. The van der Waals surface area contributed by atoms with Crippen LogP contribution in [0.2, 0.25) is 0 Å². The third-order valence-corrected chi connectivity index (χ3v) is 7.48. The first kappa shape index (κ1) is 23.3. The first-order valence-electron chi connectivity index (χ1n) is 10.0. The molecule has 4 N–H and O–H groups in total. The maximum atomic E-state index is 13.3. The Balaban J connectivity index is 1.82. The first-order chi connectivity index (χ1) is 14.9. The van der Waals surface area contributed by atoms with Gasteiger partial charge in [-0.2, -0.15) is 16.5 Å². The van der Waals surface area contributed by atoms with Crippen LogP contribution < -0.4 is 15.8 Å². The number of amides is 1. The average molecular weight is 458 g/mol. The maximum absolute atomic E-state index is 13.3. The van der Waals surface area contributed by atoms with E-state index < -0.39 is 16.1 Å². The van der Waals surface area contributed by atoms with Gasteiger partial charge in [-0.05, 0) is 29.5 Å². The van der Waals surface area contributed by atoms with Gasteiger partial charge in [0.25, 0.3) is 0 Å². The number of carbonyl (C=O) groups excluding carboxylic acids is 1. The van der Waals surface area contributed by atoms with Crippen LogP contribution >= 0.6 is 11.8 Å². The zero-order valence-electron chi connectivity index (χ0n) is 17.4. The molecule has 0 radical (unpaired) electrons. The fourth-order valence-electron chi connectivity index (χ4n) is 3.26. The molecule has 3 aromatic rings. The Morgan fingerprint density at radius 1 is 1.00 bits per heavy atom. The van der Waals surface area contributed by atoms with Crippen molar-refractivity contribution < 1.29 is 13.2 Å². The largest absolute Gasteiger partial charge is 0.353 e. The van der Waals surface area contributed by atoms with Crippen molar-refractivity contribution in [2.75, 3.05) is 18.8 Å². The van der Waals surface area contributed by atoms with E-state index in [9.17, 15) is 13.2 Å². The van der Waals surface area contributed by atoms with Gasteiger partial charge in [0.05, 0.1) is 4.90 Å². The third kappa shape index (κ3) is 6.07. The number of sulfonamides is 1. The van der Waals surface area contributed by atoms with Crippen LogP contribution in [0.3, 0.4) is 0 Å². The minimum absolute atomic E-state index is 0.165. The van der Waals surface area contributed by atoms with Gasteiger partial charge in [0.1, 0.15) is 6.04 Å². The van der Waals surface area contributed by atoms with E-state index in [4.69, 9.17) is 5.73 Å². The number of nitrogens with one attached hydrogen (secondary N) is 2. The smallest absolute Gasteiger partial charge is 0.241 e. The van der Waals surface area contributed by atoms with Crippen molar-refractivity contribution in [2.24, 2.45) is 5.73 Å². The van der Waals surface area contributed by atoms with Crippen molar-refractivity contribution in [3.8, 4) is 0 Å². The molecule has 31 heavy (non-hydrogen) atoms. The summed E-state index contributed by atoms with van der Waals surface area (Å²) in [5.74, 6) is 0.594. The van der Waals surface area contributed by atoms with Gasteiger partial charge in [0.15, 0.2) is 0 Å². The highest BCUT2D eigenvalue weighted by Crippen LogP contribution is 2.26. The second kappa shape index (κ2) is 10.8. The topological polar surface area (TPSA) is 101 Å². The van der Waals surface area contributed by atoms with Gasteiger partial charge < -0.3 is 11.1 Å². The van der Waals surface area contributed by atoms with E-state index in [1.54, 1.807) is 18.2 Å². The molecule has 164 valence electrons. The molecule has 0 aromatic heterocycles. The van der Waals surface area contributed by atoms with Gasteiger partial charge in [-0.1, -0.05) is 60.7 Å². The van der Waals surface area contributed by atoms with Crippen molar-refractivity contribution in [1.82, 2.24) is 10.0 Å². The second-order valence-corrected chi connectivity index (χ2v) is 9.89. The highest BCUT2D eigenvalue weighted by Gasteiger charge is 2.27. The fraction of sp³-hybridized carbons (Fsp3) is 0.261. The summed E-state index contributed by atoms with van der Waals surface area (Å²) in [7, 11) is -3.92. The molecular weight excluding hydrogens is 430 g/mol. The van der Waals surface area contributed by atoms with Crippen LogP contribution in [0.15, 0.2) is 71.6 Å². The lowest BCUT2D eigenvalue weighted by Crippen LogP contribution is -2.49. The summed E-state index contributed by atoms with van der Waals surface area (Å²) in [5, 5.41) is 4.20. The number of hydrogen-bond donors (Lipinski definition) is 3. The lowest BCUT2D eigenvalue weighted by molar-refractivity contribution is -0.122. The molecule has 1 amide bonds. The minimum atomic E-state index is -3.92. The Morgan fingerprint density at radius 2 is 1.68 bits per heavy atom. The van der Waals surface area contributed by atoms with Crippen LogP contribution in [0.4, 0.5) is 0 Å². The third-order valence-electron chi connectivity index (χ3n) is 4.85. The number of rotatable bonds is 10. The van der Waals surface area contributed by atoms with Crippen LogP contribution in [0.1, 0.15) is 11.1 Å². The monoisotopic (exact) mass is 457 g/mol. The van der Waals surface area contributed by atoms with E-state index in [0.717, 1.165) is 16.5 Å². The SMILES string of the molecule is Cc1ccc(S(=O)(=O)N[C@H](CSCc2ccccc2)C(=O)NCCN)c2ccccc12. The molecule has 0 unspecified atom stereocenters. The molecule has 0 aliphatic heterocycles. The Hall–Kier alpha value is -2.39. The van der Waals surface area contributed by atoms with Crippen molar-refractivity contribution in [3.63, 3.8) is 0 Å². The fourth-order valence-corrected chi connectivity index (χ4v) is 5.79. The zero-order chi connectivity index (χ0) is 22.3.